The van der Waals surface area contributed by atoms with Crippen molar-refractivity contribution in [2.45, 2.75) is 52.0 Å². The highest BCUT2D eigenvalue weighted by Crippen LogP contribution is 2.38. The van der Waals surface area contributed by atoms with Gasteiger partial charge in [-0.3, -0.25) is 0 Å². The lowest BCUT2D eigenvalue weighted by molar-refractivity contribution is 0.222. The summed E-state index contributed by atoms with van der Waals surface area (Å²) >= 11 is 6.10. The average Bonchev–Trinajstić information content (AvgIpc) is 2.75. The molecule has 21 heavy (non-hydrogen) atoms. The fourth-order valence-corrected chi connectivity index (χ4v) is 4.08. The van der Waals surface area contributed by atoms with Gasteiger partial charge in [-0.25, -0.2) is 9.37 Å². The minimum Gasteiger partial charge on any atom is -0.324 e. The van der Waals surface area contributed by atoms with E-state index in [1.807, 2.05) is 6.07 Å². The van der Waals surface area contributed by atoms with E-state index in [1.165, 1.54) is 12.5 Å². The number of fused-ring (bicyclic) bond motifs is 1. The third-order valence-corrected chi connectivity index (χ3v) is 4.92. The fourth-order valence-electron chi connectivity index (χ4n) is 3.89. The highest BCUT2D eigenvalue weighted by atomic mass is 35.5. The van der Waals surface area contributed by atoms with Crippen molar-refractivity contribution in [3.63, 3.8) is 0 Å². The lowest BCUT2D eigenvalue weighted by Crippen LogP contribution is -2.23. The number of aromatic nitrogens is 2. The first kappa shape index (κ1) is 14.8. The zero-order chi connectivity index (χ0) is 15.1. The molecule has 114 valence electrons. The molecule has 2 aromatic rings. The van der Waals surface area contributed by atoms with Crippen LogP contribution in [-0.4, -0.2) is 9.55 Å². The Morgan fingerprint density at radius 2 is 1.90 bits per heavy atom. The van der Waals surface area contributed by atoms with Gasteiger partial charge in [0, 0.05) is 12.1 Å². The number of hydrogen-bond donors (Lipinski definition) is 0. The molecule has 1 aromatic carbocycles. The van der Waals surface area contributed by atoms with Crippen molar-refractivity contribution in [1.82, 2.24) is 9.55 Å². The number of aryl methyl sites for hydroxylation is 1. The topological polar surface area (TPSA) is 17.8 Å². The zero-order valence-electron chi connectivity index (χ0n) is 12.9. The van der Waals surface area contributed by atoms with Gasteiger partial charge in [0.25, 0.3) is 0 Å². The van der Waals surface area contributed by atoms with Crippen molar-refractivity contribution in [3.8, 4) is 0 Å². The second-order valence-corrected chi connectivity index (χ2v) is 6.96. The van der Waals surface area contributed by atoms with Gasteiger partial charge in [0.2, 0.25) is 0 Å². The summed E-state index contributed by atoms with van der Waals surface area (Å²) in [6.07, 6.45) is 3.58. The molecule has 0 aliphatic heterocycles. The van der Waals surface area contributed by atoms with Crippen LogP contribution in [0.5, 0.6) is 0 Å². The molecule has 2 nitrogen and oxygen atoms in total. The Balaban J connectivity index is 2.13. The number of alkyl halides is 1. The minimum atomic E-state index is -0.196. The van der Waals surface area contributed by atoms with E-state index < -0.39 is 0 Å². The van der Waals surface area contributed by atoms with Crippen LogP contribution in [-0.2, 0) is 5.88 Å². The van der Waals surface area contributed by atoms with Gasteiger partial charge in [-0.1, -0.05) is 13.8 Å². The molecule has 1 aromatic heterocycles. The molecular weight excluding hydrogens is 287 g/mol. The standard InChI is InChI=1S/C17H22ClFN2/c1-10-4-11(2)6-13(5-10)21-16-7-12(3)14(19)8-15(16)20-17(21)9-18/h7-8,10-11,13H,4-6,9H2,1-3H3. The van der Waals surface area contributed by atoms with E-state index in [-0.39, 0.29) is 5.82 Å². The van der Waals surface area contributed by atoms with Crippen LogP contribution in [0.3, 0.4) is 0 Å². The van der Waals surface area contributed by atoms with Crippen LogP contribution in [0, 0.1) is 24.6 Å². The molecule has 1 fully saturated rings. The molecule has 2 atom stereocenters. The predicted octanol–water partition coefficient (Wildman–Crippen LogP) is 5.22. The molecule has 0 amide bonds. The predicted molar refractivity (Wildman–Crippen MR) is 85.2 cm³/mol. The summed E-state index contributed by atoms with van der Waals surface area (Å²) in [7, 11) is 0. The van der Waals surface area contributed by atoms with Crippen molar-refractivity contribution >= 4 is 22.6 Å². The lowest BCUT2D eigenvalue weighted by atomic mass is 9.80. The Morgan fingerprint density at radius 3 is 2.52 bits per heavy atom. The smallest absolute Gasteiger partial charge is 0.128 e. The van der Waals surface area contributed by atoms with Gasteiger partial charge in [-0.15, -0.1) is 11.6 Å². The third-order valence-electron chi connectivity index (χ3n) is 4.68. The van der Waals surface area contributed by atoms with Crippen molar-refractivity contribution < 1.29 is 4.39 Å². The molecule has 1 aliphatic rings. The van der Waals surface area contributed by atoms with E-state index in [0.717, 1.165) is 29.7 Å². The Kier molecular flexibility index (Phi) is 3.96. The molecule has 1 heterocycles. The maximum Gasteiger partial charge on any atom is 0.128 e. The van der Waals surface area contributed by atoms with E-state index in [0.29, 0.717) is 29.3 Å². The van der Waals surface area contributed by atoms with Gasteiger partial charge in [-0.05, 0) is 49.7 Å². The summed E-state index contributed by atoms with van der Waals surface area (Å²) < 4.78 is 16.0. The van der Waals surface area contributed by atoms with E-state index in [2.05, 4.69) is 23.4 Å². The fraction of sp³-hybridized carbons (Fsp3) is 0.588. The van der Waals surface area contributed by atoms with Gasteiger partial charge in [0.15, 0.2) is 0 Å². The van der Waals surface area contributed by atoms with E-state index >= 15 is 0 Å². The van der Waals surface area contributed by atoms with Crippen LogP contribution in [0.15, 0.2) is 12.1 Å². The minimum absolute atomic E-state index is 0.196. The van der Waals surface area contributed by atoms with Crippen molar-refractivity contribution in [2.24, 2.45) is 11.8 Å². The highest BCUT2D eigenvalue weighted by Gasteiger charge is 2.28. The van der Waals surface area contributed by atoms with E-state index in [4.69, 9.17) is 11.6 Å². The number of halogens is 2. The van der Waals surface area contributed by atoms with Gasteiger partial charge in [-0.2, -0.15) is 0 Å². The van der Waals surface area contributed by atoms with Gasteiger partial charge in [0.1, 0.15) is 11.6 Å². The summed E-state index contributed by atoms with van der Waals surface area (Å²) in [6.45, 7) is 6.43. The number of imidazole rings is 1. The van der Waals surface area contributed by atoms with Crippen LogP contribution >= 0.6 is 11.6 Å². The monoisotopic (exact) mass is 308 g/mol. The zero-order valence-corrected chi connectivity index (χ0v) is 13.6. The number of hydrogen-bond acceptors (Lipinski definition) is 1. The quantitative estimate of drug-likeness (QED) is 0.695. The summed E-state index contributed by atoms with van der Waals surface area (Å²) in [5.74, 6) is 2.46. The summed E-state index contributed by atoms with van der Waals surface area (Å²) in [5, 5.41) is 0. The SMILES string of the molecule is Cc1cc2c(cc1F)nc(CCl)n2C1CC(C)CC(C)C1. The van der Waals surface area contributed by atoms with Crippen molar-refractivity contribution in [2.75, 3.05) is 0 Å². The maximum absolute atomic E-state index is 13.8. The van der Waals surface area contributed by atoms with Crippen LogP contribution < -0.4 is 0 Å². The van der Waals surface area contributed by atoms with Gasteiger partial charge in [0.05, 0.1) is 16.9 Å². The van der Waals surface area contributed by atoms with Crippen LogP contribution in [0.25, 0.3) is 11.0 Å². The number of nitrogens with zero attached hydrogens (tertiary/aromatic N) is 2. The van der Waals surface area contributed by atoms with Crippen LogP contribution in [0.2, 0.25) is 0 Å². The molecule has 0 N–H and O–H groups in total. The first-order valence-corrected chi connectivity index (χ1v) is 8.26. The molecule has 2 unspecified atom stereocenters. The van der Waals surface area contributed by atoms with Crippen molar-refractivity contribution in [1.29, 1.82) is 0 Å². The maximum atomic E-state index is 13.8. The molecular formula is C17H22ClFN2. The first-order valence-electron chi connectivity index (χ1n) is 7.72. The molecule has 0 saturated heterocycles. The Bertz CT molecular complexity index is 654. The molecule has 1 aliphatic carbocycles. The Morgan fingerprint density at radius 1 is 1.24 bits per heavy atom. The number of rotatable bonds is 2. The summed E-state index contributed by atoms with van der Waals surface area (Å²) in [6, 6.07) is 3.87. The average molecular weight is 309 g/mol. The molecule has 3 rings (SSSR count). The summed E-state index contributed by atoms with van der Waals surface area (Å²) in [4.78, 5) is 4.55. The normalized spacial score (nSPS) is 26.4. The molecule has 0 spiro atoms. The van der Waals surface area contributed by atoms with Crippen LogP contribution in [0.4, 0.5) is 4.39 Å². The molecule has 0 radical (unpaired) electrons. The Labute approximate surface area is 130 Å². The molecule has 0 bridgehead atoms. The molecule has 4 heteroatoms. The van der Waals surface area contributed by atoms with Crippen LogP contribution in [0.1, 0.15) is 50.5 Å². The largest absolute Gasteiger partial charge is 0.324 e. The summed E-state index contributed by atoms with van der Waals surface area (Å²) in [5.41, 5.74) is 2.41. The second kappa shape index (κ2) is 5.60. The van der Waals surface area contributed by atoms with E-state index in [1.54, 1.807) is 6.92 Å². The number of benzene rings is 1. The second-order valence-electron chi connectivity index (χ2n) is 6.69. The van der Waals surface area contributed by atoms with Crippen molar-refractivity contribution in [3.05, 3.63) is 29.3 Å². The Hall–Kier alpha value is -1.09. The highest BCUT2D eigenvalue weighted by molar-refractivity contribution is 6.16. The van der Waals surface area contributed by atoms with Gasteiger partial charge < -0.3 is 4.57 Å². The third kappa shape index (κ3) is 2.68. The lowest BCUT2D eigenvalue weighted by Gasteiger charge is -2.33. The van der Waals surface area contributed by atoms with E-state index in [9.17, 15) is 4.39 Å². The van der Waals surface area contributed by atoms with Gasteiger partial charge >= 0.3 is 0 Å². The first-order chi connectivity index (χ1) is 9.99. The molecule has 1 saturated carbocycles.